The number of thiophene rings is 1. The van der Waals surface area contributed by atoms with Crippen molar-refractivity contribution in [3.63, 3.8) is 0 Å². The fraction of sp³-hybridized carbons (Fsp3) is 0.154. The molecule has 9 heteroatoms. The van der Waals surface area contributed by atoms with Crippen molar-refractivity contribution in [3.05, 3.63) is 87.4 Å². The van der Waals surface area contributed by atoms with Gasteiger partial charge in [-0.1, -0.05) is 18.2 Å². The largest absolute Gasteiger partial charge is 0.493 e. The maximum absolute atomic E-state index is 13.1. The minimum Gasteiger partial charge on any atom is -0.493 e. The first kappa shape index (κ1) is 22.5. The van der Waals surface area contributed by atoms with Gasteiger partial charge in [-0.2, -0.15) is 14.9 Å². The molecule has 0 amide bonds. The summed E-state index contributed by atoms with van der Waals surface area (Å²) in [7, 11) is 3.19. The van der Waals surface area contributed by atoms with Crippen LogP contribution in [0.3, 0.4) is 0 Å². The number of aromatic nitrogens is 4. The summed E-state index contributed by atoms with van der Waals surface area (Å²) in [6.07, 6.45) is 4.96. The second-order valence-electron chi connectivity index (χ2n) is 7.89. The Morgan fingerprint density at radius 2 is 1.80 bits per heavy atom. The average Bonchev–Trinajstić information content (AvgIpc) is 3.44. The summed E-state index contributed by atoms with van der Waals surface area (Å²) in [5, 5.41) is 9.87. The monoisotopic (exact) mass is 485 g/mol. The van der Waals surface area contributed by atoms with E-state index in [-0.39, 0.29) is 5.56 Å². The number of para-hydroxylation sites is 1. The van der Waals surface area contributed by atoms with Gasteiger partial charge in [-0.15, -0.1) is 11.3 Å². The van der Waals surface area contributed by atoms with Gasteiger partial charge in [0.15, 0.2) is 11.5 Å². The normalized spacial score (nSPS) is 11.4. The van der Waals surface area contributed by atoms with Crippen LogP contribution in [0.1, 0.15) is 16.0 Å². The molecule has 8 nitrogen and oxygen atoms in total. The molecule has 0 aliphatic heterocycles. The quantitative estimate of drug-likeness (QED) is 0.322. The standard InChI is InChI=1S/C26H23N5O3S/c1-16-17(2)35-25-23(16)26(32)31(15-27-25)28-13-19-14-30(20-8-6-5-7-9-20)29-24(19)18-10-11-21(33-3)22(12-18)34-4/h5-15H,1-4H3/b28-13+. The molecular weight excluding hydrogens is 462 g/mol. The van der Waals surface area contributed by atoms with E-state index in [1.165, 1.54) is 22.3 Å². The SMILES string of the molecule is COc1ccc(-c2nn(-c3ccccc3)cc2/C=N/n2cnc3sc(C)c(C)c3c2=O)cc1OC. The third-order valence-electron chi connectivity index (χ3n) is 5.81. The minimum absolute atomic E-state index is 0.198. The van der Waals surface area contributed by atoms with E-state index in [1.54, 1.807) is 25.1 Å². The Balaban J connectivity index is 1.63. The maximum atomic E-state index is 13.1. The molecule has 2 aromatic carbocycles. The zero-order chi connectivity index (χ0) is 24.5. The molecule has 0 spiro atoms. The van der Waals surface area contributed by atoms with Gasteiger partial charge < -0.3 is 9.47 Å². The van der Waals surface area contributed by atoms with Gasteiger partial charge in [0, 0.05) is 22.2 Å². The molecular formula is C26H23N5O3S. The molecule has 0 atom stereocenters. The highest BCUT2D eigenvalue weighted by molar-refractivity contribution is 7.18. The van der Waals surface area contributed by atoms with Crippen LogP contribution in [0.5, 0.6) is 11.5 Å². The highest BCUT2D eigenvalue weighted by Crippen LogP contribution is 2.33. The van der Waals surface area contributed by atoms with E-state index in [9.17, 15) is 4.79 Å². The Morgan fingerprint density at radius 3 is 2.54 bits per heavy atom. The fourth-order valence-corrected chi connectivity index (χ4v) is 4.82. The van der Waals surface area contributed by atoms with Crippen molar-refractivity contribution < 1.29 is 9.47 Å². The molecule has 35 heavy (non-hydrogen) atoms. The van der Waals surface area contributed by atoms with Gasteiger partial charge in [-0.05, 0) is 49.7 Å². The van der Waals surface area contributed by atoms with Crippen molar-refractivity contribution in [2.45, 2.75) is 13.8 Å². The number of hydrogen-bond acceptors (Lipinski definition) is 7. The van der Waals surface area contributed by atoms with Gasteiger partial charge in [0.2, 0.25) is 0 Å². The van der Waals surface area contributed by atoms with Gasteiger partial charge in [0.25, 0.3) is 5.56 Å². The Labute approximate surface area is 205 Å². The maximum Gasteiger partial charge on any atom is 0.282 e. The zero-order valence-corrected chi connectivity index (χ0v) is 20.5. The van der Waals surface area contributed by atoms with E-state index >= 15 is 0 Å². The van der Waals surface area contributed by atoms with Crippen molar-refractivity contribution in [2.24, 2.45) is 5.10 Å². The molecule has 0 bridgehead atoms. The van der Waals surface area contributed by atoms with Crippen LogP contribution in [0.2, 0.25) is 0 Å². The van der Waals surface area contributed by atoms with Crippen LogP contribution in [-0.2, 0) is 0 Å². The van der Waals surface area contributed by atoms with E-state index in [1.807, 2.05) is 68.6 Å². The summed E-state index contributed by atoms with van der Waals surface area (Å²) in [4.78, 5) is 19.3. The number of rotatable bonds is 6. The second-order valence-corrected chi connectivity index (χ2v) is 9.09. The van der Waals surface area contributed by atoms with Crippen LogP contribution in [-0.4, -0.2) is 39.9 Å². The Morgan fingerprint density at radius 1 is 1.03 bits per heavy atom. The average molecular weight is 486 g/mol. The molecule has 0 fully saturated rings. The van der Waals surface area contributed by atoms with Crippen molar-refractivity contribution in [2.75, 3.05) is 14.2 Å². The molecule has 5 aromatic rings. The Kier molecular flexibility index (Phi) is 5.92. The van der Waals surface area contributed by atoms with Gasteiger partial charge >= 0.3 is 0 Å². The van der Waals surface area contributed by atoms with Crippen molar-refractivity contribution in [1.82, 2.24) is 19.4 Å². The second kappa shape index (κ2) is 9.19. The molecule has 0 saturated heterocycles. The summed E-state index contributed by atoms with van der Waals surface area (Å²) in [6, 6.07) is 15.4. The van der Waals surface area contributed by atoms with E-state index in [0.717, 1.165) is 32.1 Å². The molecule has 0 aliphatic rings. The summed E-state index contributed by atoms with van der Waals surface area (Å²) in [5.74, 6) is 1.22. The molecule has 3 heterocycles. The van der Waals surface area contributed by atoms with E-state index in [2.05, 4.69) is 10.1 Å². The van der Waals surface area contributed by atoms with E-state index in [0.29, 0.717) is 22.6 Å². The smallest absolute Gasteiger partial charge is 0.282 e. The van der Waals surface area contributed by atoms with Gasteiger partial charge in [-0.3, -0.25) is 4.79 Å². The van der Waals surface area contributed by atoms with Crippen molar-refractivity contribution in [3.8, 4) is 28.4 Å². The predicted molar refractivity (Wildman–Crippen MR) is 138 cm³/mol. The molecule has 3 aromatic heterocycles. The van der Waals surface area contributed by atoms with Crippen LogP contribution in [0.25, 0.3) is 27.2 Å². The van der Waals surface area contributed by atoms with Gasteiger partial charge in [0.05, 0.1) is 31.5 Å². The fourth-order valence-electron chi connectivity index (χ4n) is 3.84. The summed E-state index contributed by atoms with van der Waals surface area (Å²) in [6.45, 7) is 3.92. The summed E-state index contributed by atoms with van der Waals surface area (Å²) >= 11 is 1.51. The van der Waals surface area contributed by atoms with Crippen LogP contribution >= 0.6 is 11.3 Å². The van der Waals surface area contributed by atoms with Crippen LogP contribution in [0.15, 0.2) is 71.0 Å². The highest BCUT2D eigenvalue weighted by Gasteiger charge is 2.15. The zero-order valence-electron chi connectivity index (χ0n) is 19.7. The topological polar surface area (TPSA) is 83.5 Å². The van der Waals surface area contributed by atoms with Crippen molar-refractivity contribution >= 4 is 27.8 Å². The van der Waals surface area contributed by atoms with Crippen molar-refractivity contribution in [1.29, 1.82) is 0 Å². The van der Waals surface area contributed by atoms with Gasteiger partial charge in [0.1, 0.15) is 16.9 Å². The number of methoxy groups -OCH3 is 2. The number of fused-ring (bicyclic) bond motifs is 1. The summed E-state index contributed by atoms with van der Waals surface area (Å²) in [5.41, 5.74) is 3.88. The third kappa shape index (κ3) is 4.10. The molecule has 0 saturated carbocycles. The highest BCUT2D eigenvalue weighted by atomic mass is 32.1. The minimum atomic E-state index is -0.198. The number of benzene rings is 2. The number of aryl methyl sites for hydroxylation is 2. The van der Waals surface area contributed by atoms with Gasteiger partial charge in [-0.25, -0.2) is 9.67 Å². The Bertz CT molecular complexity index is 1620. The first-order chi connectivity index (χ1) is 17.0. The molecule has 0 unspecified atom stereocenters. The lowest BCUT2D eigenvalue weighted by Gasteiger charge is -2.09. The molecule has 0 N–H and O–H groups in total. The number of nitrogens with zero attached hydrogens (tertiary/aromatic N) is 5. The molecule has 176 valence electrons. The lowest BCUT2D eigenvalue weighted by atomic mass is 10.1. The predicted octanol–water partition coefficient (Wildman–Crippen LogP) is 4.83. The van der Waals surface area contributed by atoms with Crippen LogP contribution in [0, 0.1) is 13.8 Å². The van der Waals surface area contributed by atoms with Crippen LogP contribution in [0.4, 0.5) is 0 Å². The number of hydrogen-bond donors (Lipinski definition) is 0. The molecule has 5 rings (SSSR count). The first-order valence-electron chi connectivity index (χ1n) is 10.9. The molecule has 0 radical (unpaired) electrons. The van der Waals surface area contributed by atoms with Crippen LogP contribution < -0.4 is 15.0 Å². The third-order valence-corrected chi connectivity index (χ3v) is 6.93. The number of ether oxygens (including phenoxy) is 2. The van der Waals surface area contributed by atoms with E-state index < -0.39 is 0 Å². The van der Waals surface area contributed by atoms with E-state index in [4.69, 9.17) is 14.6 Å². The lowest BCUT2D eigenvalue weighted by Crippen LogP contribution is -2.17. The summed E-state index contributed by atoms with van der Waals surface area (Å²) < 4.78 is 13.9. The first-order valence-corrected chi connectivity index (χ1v) is 11.7. The Hall–Kier alpha value is -4.24. The lowest BCUT2D eigenvalue weighted by molar-refractivity contribution is 0.355. The molecule has 0 aliphatic carbocycles.